The van der Waals surface area contributed by atoms with Gasteiger partial charge in [0, 0.05) is 0 Å². The Bertz CT molecular complexity index is 1450. The van der Waals surface area contributed by atoms with E-state index in [1.165, 1.54) is 0 Å². The van der Waals surface area contributed by atoms with Crippen LogP contribution in [0.5, 0.6) is 17.2 Å². The first-order chi connectivity index (χ1) is 20.7. The van der Waals surface area contributed by atoms with Crippen LogP contribution in [0.3, 0.4) is 0 Å². The van der Waals surface area contributed by atoms with E-state index in [4.69, 9.17) is 14.2 Å². The number of nitrogens with zero attached hydrogens (tertiary/aromatic N) is 6. The van der Waals surface area contributed by atoms with Crippen LogP contribution in [0.15, 0.2) is 103 Å². The van der Waals surface area contributed by atoms with Crippen molar-refractivity contribution in [1.29, 1.82) is 0 Å². The van der Waals surface area contributed by atoms with Crippen molar-refractivity contribution in [2.45, 2.75) is 39.0 Å². The van der Waals surface area contributed by atoms with E-state index < -0.39 is 29.0 Å². The lowest BCUT2D eigenvalue weighted by atomic mass is 10.2. The number of hydrogen-bond donors (Lipinski definition) is 0. The molecule has 3 aromatic rings. The summed E-state index contributed by atoms with van der Waals surface area (Å²) in [5.74, 6) is -0.934. The number of carbonyl (C=O) groups is 3. The van der Waals surface area contributed by atoms with Crippen molar-refractivity contribution >= 4 is 28.0 Å². The molecule has 3 aromatic carbocycles. The van der Waals surface area contributed by atoms with E-state index in [1.807, 2.05) is 0 Å². The van der Waals surface area contributed by atoms with Gasteiger partial charge in [0.05, 0.1) is 46.8 Å². The van der Waals surface area contributed by atoms with Crippen molar-refractivity contribution in [3.63, 3.8) is 0 Å². The molecule has 224 valence electrons. The summed E-state index contributed by atoms with van der Waals surface area (Å²) < 4.78 is 16.6. The minimum Gasteiger partial charge on any atom is -0.493 e. The largest absolute Gasteiger partial charge is 0.493 e. The summed E-state index contributed by atoms with van der Waals surface area (Å²) in [6.07, 6.45) is 0. The molecule has 12 nitrogen and oxygen atoms in total. The Balaban J connectivity index is 1.96. The lowest BCUT2D eigenvalue weighted by molar-refractivity contribution is 0.0971. The Morgan fingerprint density at radius 1 is 0.628 bits per heavy atom. The number of benzene rings is 3. The van der Waals surface area contributed by atoms with E-state index in [0.717, 1.165) is 0 Å². The fourth-order valence-electron chi connectivity index (χ4n) is 3.66. The van der Waals surface area contributed by atoms with Crippen molar-refractivity contribution in [2.75, 3.05) is 19.8 Å². The van der Waals surface area contributed by atoms with Crippen LogP contribution in [0.25, 0.3) is 0 Å². The van der Waals surface area contributed by atoms with E-state index in [0.29, 0.717) is 37.1 Å². The molecule has 0 aliphatic heterocycles. The Morgan fingerprint density at radius 2 is 0.953 bits per heavy atom. The van der Waals surface area contributed by atoms with Crippen LogP contribution in [0.2, 0.25) is 0 Å². The number of para-hydroxylation sites is 3. The molecule has 0 saturated heterocycles. The van der Waals surface area contributed by atoms with Gasteiger partial charge in [-0.1, -0.05) is 36.4 Å². The first-order valence-corrected chi connectivity index (χ1v) is 14.8. The molecule has 3 amide bonds. The molecule has 43 heavy (non-hydrogen) atoms. The van der Waals surface area contributed by atoms with Crippen LogP contribution in [0.4, 0.5) is 0 Å². The molecule has 0 aliphatic rings. The average molecular weight is 603 g/mol. The predicted octanol–water partition coefficient (Wildman–Crippen LogP) is 5.47. The van der Waals surface area contributed by atoms with Crippen LogP contribution in [-0.4, -0.2) is 59.1 Å². The first-order valence-electron chi connectivity index (χ1n) is 13.8. The fourth-order valence-corrected chi connectivity index (χ4v) is 3.98. The third kappa shape index (κ3) is 8.79. The number of azo groups is 3. The minimum absolute atomic E-state index is 0.0894. The van der Waals surface area contributed by atoms with Crippen molar-refractivity contribution in [3.8, 4) is 17.2 Å². The molecule has 0 aromatic heterocycles. The van der Waals surface area contributed by atoms with Gasteiger partial charge in [0.15, 0.2) is 5.29 Å². The standard InChI is InChI=1S/C30H34N6O6Si/c1-5-40-24-17-11-8-14-21(24)27(37)32-31-20(4)30(43,35-33-28(38)22-15-9-12-18-25(22)41-6-2)36-34-29(39)23-16-10-13-19-26(23)42-7-3/h8-20H,5-7H2,1-4,43H3. The third-order valence-electron chi connectivity index (χ3n) is 6.05. The number of carbonyl (C=O) groups excluding carboxylic acids is 3. The Morgan fingerprint density at radius 3 is 1.30 bits per heavy atom. The molecule has 0 bridgehead atoms. The van der Waals surface area contributed by atoms with Crippen LogP contribution >= 0.6 is 0 Å². The predicted molar refractivity (Wildman–Crippen MR) is 163 cm³/mol. The van der Waals surface area contributed by atoms with Crippen LogP contribution in [0.1, 0.15) is 58.8 Å². The minimum atomic E-state index is -1.57. The second-order valence-electron chi connectivity index (χ2n) is 9.09. The molecule has 1 atom stereocenters. The second kappa shape index (κ2) is 15.9. The van der Waals surface area contributed by atoms with Gasteiger partial charge < -0.3 is 14.2 Å². The fraction of sp³-hybridized carbons (Fsp3) is 0.300. The van der Waals surface area contributed by atoms with E-state index in [1.54, 1.807) is 100 Å². The number of amides is 3. The summed E-state index contributed by atoms with van der Waals surface area (Å²) in [4.78, 5) is 39.0. The molecule has 1 unspecified atom stereocenters. The van der Waals surface area contributed by atoms with Gasteiger partial charge in [-0.15, -0.1) is 15.3 Å². The summed E-state index contributed by atoms with van der Waals surface area (Å²) in [5.41, 5.74) is 0.633. The zero-order valence-corrected chi connectivity index (χ0v) is 26.8. The van der Waals surface area contributed by atoms with Crippen molar-refractivity contribution in [3.05, 3.63) is 89.5 Å². The highest BCUT2D eigenvalue weighted by atomic mass is 28.1. The van der Waals surface area contributed by atoms with Crippen molar-refractivity contribution in [2.24, 2.45) is 30.7 Å². The third-order valence-corrected chi connectivity index (χ3v) is 7.29. The van der Waals surface area contributed by atoms with Gasteiger partial charge in [-0.05, 0) is 64.1 Å². The van der Waals surface area contributed by atoms with Crippen molar-refractivity contribution in [1.82, 2.24) is 0 Å². The van der Waals surface area contributed by atoms with E-state index in [9.17, 15) is 14.4 Å². The maximum Gasteiger partial charge on any atom is 0.298 e. The number of ether oxygens (including phenoxy) is 3. The quantitative estimate of drug-likeness (QED) is 0.187. The summed E-state index contributed by atoms with van der Waals surface area (Å²) in [5, 5.41) is 22.6. The molecule has 0 aliphatic carbocycles. The molecule has 0 N–H and O–H groups in total. The zero-order valence-electron chi connectivity index (χ0n) is 24.8. The number of rotatable bonds is 13. The molecular weight excluding hydrogens is 568 g/mol. The summed E-state index contributed by atoms with van der Waals surface area (Å²) >= 11 is 0. The van der Waals surface area contributed by atoms with Gasteiger partial charge in [0.2, 0.25) is 0 Å². The number of hydrogen-bond acceptors (Lipinski definition) is 9. The van der Waals surface area contributed by atoms with Crippen molar-refractivity contribution < 1.29 is 28.6 Å². The SMILES string of the molecule is CCOc1ccccc1C(=O)N=NC(C)C([SiH3])(N=NC(=O)c1ccccc1OCC)N=NC(=O)c1ccccc1OCC. The highest BCUT2D eigenvalue weighted by Gasteiger charge is 2.33. The highest BCUT2D eigenvalue weighted by Crippen LogP contribution is 2.25. The Labute approximate surface area is 252 Å². The van der Waals surface area contributed by atoms with E-state index >= 15 is 0 Å². The smallest absolute Gasteiger partial charge is 0.298 e. The van der Waals surface area contributed by atoms with Gasteiger partial charge in [-0.25, -0.2) is 0 Å². The van der Waals surface area contributed by atoms with Gasteiger partial charge in [0.1, 0.15) is 23.3 Å². The maximum absolute atomic E-state index is 13.0. The maximum atomic E-state index is 13.0. The normalized spacial score (nSPS) is 13.7. The topological polar surface area (TPSA) is 153 Å². The Hall–Kier alpha value is -4.91. The highest BCUT2D eigenvalue weighted by molar-refractivity contribution is 6.16. The van der Waals surface area contributed by atoms with Gasteiger partial charge in [-0.2, -0.15) is 15.3 Å². The molecule has 0 radical (unpaired) electrons. The molecule has 0 fully saturated rings. The van der Waals surface area contributed by atoms with Crippen LogP contribution < -0.4 is 14.2 Å². The molecule has 0 saturated carbocycles. The Kier molecular flexibility index (Phi) is 12.1. The zero-order chi connectivity index (χ0) is 31.2. The molecular formula is C30H34N6O6Si. The van der Waals surface area contributed by atoms with E-state index in [2.05, 4.69) is 30.7 Å². The first kappa shape index (κ1) is 32.6. The summed E-state index contributed by atoms with van der Waals surface area (Å²) in [6, 6.07) is 19.0. The second-order valence-corrected chi connectivity index (χ2v) is 10.6. The van der Waals surface area contributed by atoms with Gasteiger partial charge >= 0.3 is 0 Å². The van der Waals surface area contributed by atoms with Crippen LogP contribution in [0, 0.1) is 0 Å². The lowest BCUT2D eigenvalue weighted by Gasteiger charge is -2.21. The average Bonchev–Trinajstić information content (AvgIpc) is 3.02. The van der Waals surface area contributed by atoms with Gasteiger partial charge in [-0.3, -0.25) is 14.4 Å². The van der Waals surface area contributed by atoms with Crippen LogP contribution in [-0.2, 0) is 0 Å². The molecule has 0 spiro atoms. The summed E-state index contributed by atoms with van der Waals surface area (Å²) in [6.45, 7) is 8.06. The molecule has 3 rings (SSSR count). The molecule has 0 heterocycles. The van der Waals surface area contributed by atoms with Gasteiger partial charge in [0.25, 0.3) is 17.7 Å². The lowest BCUT2D eigenvalue weighted by Crippen LogP contribution is -2.36. The molecule has 13 heteroatoms. The summed E-state index contributed by atoms with van der Waals surface area (Å²) in [7, 11) is 0.0894. The monoisotopic (exact) mass is 602 g/mol. The van der Waals surface area contributed by atoms with E-state index in [-0.39, 0.29) is 26.9 Å².